The standard InChI is InChI=1S/C20H32BN3O2/c1-14-8-15(6-7-21)3-5-19(14)26-18-12-24(13-18)20(25)9-16-2-4-17(10-22)23-11-16/h3,5,8,16-18,23H,2,4,6-7,9-13,21-22H2,1H3. The molecule has 0 spiro atoms. The maximum Gasteiger partial charge on any atom is 0.223 e. The third kappa shape index (κ3) is 4.80. The minimum Gasteiger partial charge on any atom is -0.486 e. The number of benzene rings is 1. The predicted molar refractivity (Wildman–Crippen MR) is 107 cm³/mol. The molecule has 0 aliphatic carbocycles. The number of ether oxygens (including phenoxy) is 1. The van der Waals surface area contributed by atoms with Gasteiger partial charge in [-0.15, -0.1) is 0 Å². The van der Waals surface area contributed by atoms with Gasteiger partial charge < -0.3 is 20.7 Å². The van der Waals surface area contributed by atoms with Gasteiger partial charge in [0.1, 0.15) is 19.7 Å². The van der Waals surface area contributed by atoms with Crippen molar-refractivity contribution in [2.75, 3.05) is 26.2 Å². The lowest BCUT2D eigenvalue weighted by molar-refractivity contribution is -0.141. The number of nitrogens with one attached hydrogen (secondary N) is 1. The normalized spacial score (nSPS) is 23.5. The molecule has 1 aromatic rings. The molecule has 2 aliphatic rings. The van der Waals surface area contributed by atoms with Crippen LogP contribution in [0.1, 0.15) is 30.4 Å². The molecule has 2 aliphatic heterocycles. The van der Waals surface area contributed by atoms with Crippen molar-refractivity contribution < 1.29 is 9.53 Å². The minimum absolute atomic E-state index is 0.126. The van der Waals surface area contributed by atoms with Crippen molar-refractivity contribution in [3.8, 4) is 5.75 Å². The van der Waals surface area contributed by atoms with E-state index in [2.05, 4.69) is 38.3 Å². The number of aryl methyl sites for hydroxylation is 2. The maximum absolute atomic E-state index is 12.4. The van der Waals surface area contributed by atoms with E-state index in [1.165, 1.54) is 11.1 Å². The van der Waals surface area contributed by atoms with E-state index in [-0.39, 0.29) is 12.0 Å². The fraction of sp³-hybridized carbons (Fsp3) is 0.650. The second-order valence-corrected chi connectivity index (χ2v) is 7.88. The number of hydrogen-bond acceptors (Lipinski definition) is 4. The summed E-state index contributed by atoms with van der Waals surface area (Å²) in [5.74, 6) is 1.66. The summed E-state index contributed by atoms with van der Waals surface area (Å²) in [7, 11) is 2.19. The molecular formula is C20H32BN3O2. The van der Waals surface area contributed by atoms with Crippen LogP contribution in [0.3, 0.4) is 0 Å². The Kier molecular flexibility index (Phi) is 6.60. The molecule has 2 unspecified atom stereocenters. The van der Waals surface area contributed by atoms with Gasteiger partial charge in [0.2, 0.25) is 5.91 Å². The van der Waals surface area contributed by atoms with Gasteiger partial charge in [-0.2, -0.15) is 0 Å². The smallest absolute Gasteiger partial charge is 0.223 e. The van der Waals surface area contributed by atoms with Crippen molar-refractivity contribution in [1.29, 1.82) is 0 Å². The van der Waals surface area contributed by atoms with Crippen molar-refractivity contribution in [2.24, 2.45) is 11.7 Å². The molecule has 2 fully saturated rings. The van der Waals surface area contributed by atoms with E-state index >= 15 is 0 Å². The lowest BCUT2D eigenvalue weighted by Gasteiger charge is -2.40. The molecule has 1 amide bonds. The van der Waals surface area contributed by atoms with Crippen LogP contribution < -0.4 is 15.8 Å². The van der Waals surface area contributed by atoms with Gasteiger partial charge in [0.05, 0.1) is 13.1 Å². The Morgan fingerprint density at radius 2 is 2.19 bits per heavy atom. The first-order valence-electron chi connectivity index (χ1n) is 10.1. The molecule has 2 heterocycles. The van der Waals surface area contributed by atoms with Crippen molar-refractivity contribution in [3.63, 3.8) is 0 Å². The van der Waals surface area contributed by atoms with Gasteiger partial charge in [-0.3, -0.25) is 4.79 Å². The number of likely N-dealkylation sites (tertiary alicyclic amines) is 1. The molecule has 26 heavy (non-hydrogen) atoms. The zero-order valence-electron chi connectivity index (χ0n) is 16.2. The van der Waals surface area contributed by atoms with Crippen molar-refractivity contribution in [3.05, 3.63) is 29.3 Å². The summed E-state index contributed by atoms with van der Waals surface area (Å²) in [6.07, 6.45) is 5.20. The summed E-state index contributed by atoms with van der Waals surface area (Å²) in [6.45, 7) is 5.11. The highest BCUT2D eigenvalue weighted by Gasteiger charge is 2.34. The summed E-state index contributed by atoms with van der Waals surface area (Å²) < 4.78 is 6.09. The van der Waals surface area contributed by atoms with E-state index in [4.69, 9.17) is 10.5 Å². The predicted octanol–water partition coefficient (Wildman–Crippen LogP) is 0.896. The third-order valence-corrected chi connectivity index (χ3v) is 5.64. The van der Waals surface area contributed by atoms with Crippen LogP contribution in [0.5, 0.6) is 5.75 Å². The number of nitrogens with zero attached hydrogens (tertiary/aromatic N) is 1. The molecule has 0 radical (unpaired) electrons. The van der Waals surface area contributed by atoms with Crippen LogP contribution in [-0.2, 0) is 11.2 Å². The van der Waals surface area contributed by atoms with Gasteiger partial charge in [-0.05, 0) is 55.8 Å². The number of hydrogen-bond donors (Lipinski definition) is 2. The second kappa shape index (κ2) is 8.91. The first kappa shape index (κ1) is 19.2. The first-order chi connectivity index (χ1) is 12.6. The second-order valence-electron chi connectivity index (χ2n) is 7.88. The monoisotopic (exact) mass is 357 g/mol. The Hall–Kier alpha value is -1.53. The molecule has 3 rings (SSSR count). The fourth-order valence-electron chi connectivity index (χ4n) is 3.91. The Labute approximate surface area is 158 Å². The minimum atomic E-state index is 0.126. The van der Waals surface area contributed by atoms with Gasteiger partial charge in [0.15, 0.2) is 0 Å². The van der Waals surface area contributed by atoms with Crippen molar-refractivity contribution in [1.82, 2.24) is 10.2 Å². The quantitative estimate of drug-likeness (QED) is 0.712. The first-order valence-corrected chi connectivity index (χ1v) is 10.1. The van der Waals surface area contributed by atoms with Gasteiger partial charge >= 0.3 is 0 Å². The van der Waals surface area contributed by atoms with Crippen LogP contribution in [-0.4, -0.2) is 57.0 Å². The lowest BCUT2D eigenvalue weighted by atomic mass is 9.91. The van der Waals surface area contributed by atoms with Crippen LogP contribution in [0.2, 0.25) is 6.32 Å². The molecule has 2 saturated heterocycles. The van der Waals surface area contributed by atoms with Gasteiger partial charge in [0.25, 0.3) is 0 Å². The number of carbonyl (C=O) groups is 1. The highest BCUT2D eigenvalue weighted by molar-refractivity contribution is 6.08. The van der Waals surface area contributed by atoms with Crippen molar-refractivity contribution >= 4 is 13.8 Å². The van der Waals surface area contributed by atoms with E-state index in [0.29, 0.717) is 38.0 Å². The molecule has 6 heteroatoms. The van der Waals surface area contributed by atoms with Crippen molar-refractivity contribution in [2.45, 2.75) is 51.1 Å². The van der Waals surface area contributed by atoms with Gasteiger partial charge in [-0.25, -0.2) is 0 Å². The molecule has 3 N–H and O–H groups in total. The van der Waals surface area contributed by atoms with E-state index in [0.717, 1.165) is 37.9 Å². The molecule has 0 bridgehead atoms. The van der Waals surface area contributed by atoms with Crippen LogP contribution in [0, 0.1) is 12.8 Å². The summed E-state index contributed by atoms with van der Waals surface area (Å²) >= 11 is 0. The summed E-state index contributed by atoms with van der Waals surface area (Å²) in [5.41, 5.74) is 8.24. The van der Waals surface area contributed by atoms with E-state index < -0.39 is 0 Å². The molecular weight excluding hydrogens is 325 g/mol. The zero-order valence-corrected chi connectivity index (χ0v) is 16.2. The van der Waals surface area contributed by atoms with E-state index in [9.17, 15) is 4.79 Å². The SMILES string of the molecule is BCCc1ccc(OC2CN(C(=O)CC3CCC(CN)NC3)C2)c(C)c1. The average molecular weight is 357 g/mol. The van der Waals surface area contributed by atoms with Crippen LogP contribution in [0.15, 0.2) is 18.2 Å². The largest absolute Gasteiger partial charge is 0.486 e. The van der Waals surface area contributed by atoms with Crippen LogP contribution >= 0.6 is 0 Å². The average Bonchev–Trinajstić information content (AvgIpc) is 2.60. The summed E-state index contributed by atoms with van der Waals surface area (Å²) in [5, 5.41) is 3.44. The molecule has 142 valence electrons. The summed E-state index contributed by atoms with van der Waals surface area (Å²) in [4.78, 5) is 14.4. The van der Waals surface area contributed by atoms with E-state index in [1.54, 1.807) is 0 Å². The third-order valence-electron chi connectivity index (χ3n) is 5.64. The topological polar surface area (TPSA) is 67.6 Å². The Morgan fingerprint density at radius 1 is 1.38 bits per heavy atom. The van der Waals surface area contributed by atoms with Gasteiger partial charge in [-0.1, -0.05) is 18.5 Å². The fourth-order valence-corrected chi connectivity index (χ4v) is 3.91. The number of amides is 1. The lowest BCUT2D eigenvalue weighted by Crippen LogP contribution is -2.56. The maximum atomic E-state index is 12.4. The number of piperidine rings is 1. The number of rotatable bonds is 7. The highest BCUT2D eigenvalue weighted by atomic mass is 16.5. The van der Waals surface area contributed by atoms with Crippen LogP contribution in [0.25, 0.3) is 0 Å². The van der Waals surface area contributed by atoms with Gasteiger partial charge in [0, 0.05) is 19.0 Å². The Morgan fingerprint density at radius 3 is 2.81 bits per heavy atom. The summed E-state index contributed by atoms with van der Waals surface area (Å²) in [6, 6.07) is 6.87. The highest BCUT2D eigenvalue weighted by Crippen LogP contribution is 2.25. The zero-order chi connectivity index (χ0) is 18.5. The molecule has 0 saturated carbocycles. The molecule has 2 atom stereocenters. The number of carbonyl (C=O) groups excluding carboxylic acids is 1. The number of nitrogens with two attached hydrogens (primary N) is 1. The molecule has 1 aromatic carbocycles. The Balaban J connectivity index is 1.41. The molecule has 5 nitrogen and oxygen atoms in total. The Bertz CT molecular complexity index is 611. The van der Waals surface area contributed by atoms with Crippen LogP contribution in [0.4, 0.5) is 0 Å². The van der Waals surface area contributed by atoms with E-state index in [1.807, 2.05) is 4.90 Å². The molecule has 0 aromatic heterocycles.